The van der Waals surface area contributed by atoms with Crippen LogP contribution in [0.4, 0.5) is 4.79 Å². The van der Waals surface area contributed by atoms with Crippen LogP contribution in [-0.4, -0.2) is 39.7 Å². The fourth-order valence-corrected chi connectivity index (χ4v) is 4.88. The van der Waals surface area contributed by atoms with Crippen LogP contribution in [0.25, 0.3) is 0 Å². The van der Waals surface area contributed by atoms with Crippen LogP contribution in [0.1, 0.15) is 81.3 Å². The first kappa shape index (κ1) is 26.6. The van der Waals surface area contributed by atoms with Gasteiger partial charge in [-0.1, -0.05) is 61.9 Å². The smallest absolute Gasteiger partial charge is 0.434 e. The normalized spacial score (nSPS) is 21.1. The zero-order valence-electron chi connectivity index (χ0n) is 22.5. The number of amides is 2. The zero-order chi connectivity index (χ0) is 26.4. The number of ether oxygens (including phenoxy) is 1. The maximum absolute atomic E-state index is 13.7. The number of rotatable bonds is 7. The molecule has 1 aliphatic heterocycles. The van der Waals surface area contributed by atoms with Gasteiger partial charge < -0.3 is 9.64 Å². The summed E-state index contributed by atoms with van der Waals surface area (Å²) in [7, 11) is 0. The monoisotopic (exact) mass is 501 g/mol. The van der Waals surface area contributed by atoms with E-state index < -0.39 is 6.09 Å². The maximum Gasteiger partial charge on any atom is 0.434 e. The van der Waals surface area contributed by atoms with Crippen molar-refractivity contribution in [2.24, 2.45) is 11.0 Å². The van der Waals surface area contributed by atoms with Gasteiger partial charge in [0, 0.05) is 29.6 Å². The first-order valence-electron chi connectivity index (χ1n) is 13.4. The molecule has 1 unspecified atom stereocenters. The van der Waals surface area contributed by atoms with Crippen LogP contribution in [-0.2, 0) is 17.8 Å². The molecule has 4 rings (SSSR count). The second-order valence-corrected chi connectivity index (χ2v) is 10.8. The highest BCUT2D eigenvalue weighted by atomic mass is 16.6. The molecule has 6 heteroatoms. The highest BCUT2D eigenvalue weighted by molar-refractivity contribution is 5.95. The Bertz CT molecular complexity index is 1130. The zero-order valence-corrected chi connectivity index (χ0v) is 22.5. The Morgan fingerprint density at radius 3 is 2.32 bits per heavy atom. The topological polar surface area (TPSA) is 62.2 Å². The van der Waals surface area contributed by atoms with Crippen molar-refractivity contribution >= 4 is 17.7 Å². The van der Waals surface area contributed by atoms with Crippen LogP contribution in [0.3, 0.4) is 0 Å². The molecule has 0 saturated heterocycles. The van der Waals surface area contributed by atoms with Gasteiger partial charge in [0.1, 0.15) is 6.61 Å². The van der Waals surface area contributed by atoms with Gasteiger partial charge in [-0.2, -0.15) is 10.1 Å². The summed E-state index contributed by atoms with van der Waals surface area (Å²) in [6.07, 6.45) is 6.56. The van der Waals surface area contributed by atoms with Gasteiger partial charge in [0.2, 0.25) is 0 Å². The molecule has 0 aromatic heterocycles. The second-order valence-electron chi connectivity index (χ2n) is 10.8. The molecular weight excluding hydrogens is 462 g/mol. The first-order chi connectivity index (χ1) is 17.8. The van der Waals surface area contributed by atoms with Crippen molar-refractivity contribution in [2.45, 2.75) is 84.9 Å². The van der Waals surface area contributed by atoms with Crippen LogP contribution in [0.15, 0.2) is 71.5 Å². The van der Waals surface area contributed by atoms with E-state index in [-0.39, 0.29) is 24.6 Å². The SMILES string of the molecule is C/C1=C\N(C(=O)OCc2ccccc2)/N=C(\C)CCC(N(C(=O)c2ccc(CC(C)C)cc2)C2CC2)C1. The predicted molar refractivity (Wildman–Crippen MR) is 147 cm³/mol. The number of nitrogens with zero attached hydrogens (tertiary/aromatic N) is 3. The highest BCUT2D eigenvalue weighted by Gasteiger charge is 2.38. The number of carbonyl (C=O) groups is 2. The first-order valence-corrected chi connectivity index (χ1v) is 13.4. The molecule has 2 aliphatic rings. The molecule has 1 aliphatic carbocycles. The van der Waals surface area contributed by atoms with Crippen molar-refractivity contribution in [3.05, 3.63) is 83.1 Å². The summed E-state index contributed by atoms with van der Waals surface area (Å²) in [6, 6.07) is 18.1. The third-order valence-electron chi connectivity index (χ3n) is 6.82. The van der Waals surface area contributed by atoms with Gasteiger partial charge in [0.05, 0.1) is 0 Å². The number of hydrogen-bond acceptors (Lipinski definition) is 4. The fourth-order valence-electron chi connectivity index (χ4n) is 4.88. The average molecular weight is 502 g/mol. The van der Waals surface area contributed by atoms with Gasteiger partial charge >= 0.3 is 6.09 Å². The van der Waals surface area contributed by atoms with E-state index in [9.17, 15) is 9.59 Å². The Kier molecular flexibility index (Phi) is 8.80. The molecule has 37 heavy (non-hydrogen) atoms. The van der Waals surface area contributed by atoms with Crippen molar-refractivity contribution in [2.75, 3.05) is 0 Å². The summed E-state index contributed by atoms with van der Waals surface area (Å²) in [4.78, 5) is 28.7. The number of hydrogen-bond donors (Lipinski definition) is 0. The largest absolute Gasteiger partial charge is 0.443 e. The van der Waals surface area contributed by atoms with Crippen molar-refractivity contribution in [1.29, 1.82) is 0 Å². The molecule has 2 aromatic rings. The van der Waals surface area contributed by atoms with E-state index in [1.807, 2.05) is 56.3 Å². The summed E-state index contributed by atoms with van der Waals surface area (Å²) < 4.78 is 5.52. The van der Waals surface area contributed by atoms with Gasteiger partial charge in [-0.3, -0.25) is 4.79 Å². The minimum atomic E-state index is -0.502. The van der Waals surface area contributed by atoms with Crippen LogP contribution in [0.5, 0.6) is 0 Å². The second kappa shape index (κ2) is 12.2. The standard InChI is InChI=1S/C31H39N3O3/c1-22(2)18-25-11-13-27(14-12-25)30(35)34(28-16-17-28)29-15-10-24(4)32-33(20-23(3)19-29)31(36)37-21-26-8-6-5-7-9-26/h5-9,11-14,20,22,28-29H,10,15-19,21H2,1-4H3/b23-20+,32-24+. The van der Waals surface area contributed by atoms with E-state index in [4.69, 9.17) is 4.74 Å². The van der Waals surface area contributed by atoms with E-state index in [0.29, 0.717) is 18.8 Å². The fraction of sp³-hybridized carbons (Fsp3) is 0.452. The van der Waals surface area contributed by atoms with E-state index in [1.54, 1.807) is 6.20 Å². The van der Waals surface area contributed by atoms with Gasteiger partial charge in [-0.05, 0) is 81.5 Å². The Hall–Kier alpha value is -3.41. The molecule has 1 atom stereocenters. The molecule has 0 N–H and O–H groups in total. The lowest BCUT2D eigenvalue weighted by atomic mass is 9.98. The molecule has 0 radical (unpaired) electrons. The highest BCUT2D eigenvalue weighted by Crippen LogP contribution is 2.34. The van der Waals surface area contributed by atoms with Crippen LogP contribution in [0.2, 0.25) is 0 Å². The summed E-state index contributed by atoms with van der Waals surface area (Å²) in [5.74, 6) is 0.683. The number of hydrazone groups is 1. The molecule has 1 saturated carbocycles. The molecular formula is C31H39N3O3. The van der Waals surface area contributed by atoms with Gasteiger partial charge in [-0.15, -0.1) is 0 Å². The molecule has 2 amide bonds. The lowest BCUT2D eigenvalue weighted by Gasteiger charge is -2.32. The number of benzene rings is 2. The van der Waals surface area contributed by atoms with E-state index in [0.717, 1.165) is 48.1 Å². The summed E-state index contributed by atoms with van der Waals surface area (Å²) >= 11 is 0. The maximum atomic E-state index is 13.7. The molecule has 6 nitrogen and oxygen atoms in total. The van der Waals surface area contributed by atoms with E-state index in [1.165, 1.54) is 10.6 Å². The Labute approximate surface area is 221 Å². The minimum Gasteiger partial charge on any atom is -0.443 e. The summed E-state index contributed by atoms with van der Waals surface area (Å²) in [5.41, 5.74) is 4.77. The van der Waals surface area contributed by atoms with Gasteiger partial charge in [-0.25, -0.2) is 4.79 Å². The summed E-state index contributed by atoms with van der Waals surface area (Å²) in [6.45, 7) is 8.53. The molecule has 1 heterocycles. The van der Waals surface area contributed by atoms with Crippen LogP contribution < -0.4 is 0 Å². The minimum absolute atomic E-state index is 0.0528. The quantitative estimate of drug-likeness (QED) is 0.412. The molecule has 2 aromatic carbocycles. The van der Waals surface area contributed by atoms with Crippen molar-refractivity contribution in [3.8, 4) is 0 Å². The third-order valence-corrected chi connectivity index (χ3v) is 6.82. The van der Waals surface area contributed by atoms with Gasteiger partial charge in [0.25, 0.3) is 5.91 Å². The molecule has 0 spiro atoms. The lowest BCUT2D eigenvalue weighted by molar-refractivity contribution is 0.0650. The van der Waals surface area contributed by atoms with Crippen molar-refractivity contribution in [3.63, 3.8) is 0 Å². The Balaban J connectivity index is 1.48. The third kappa shape index (κ3) is 7.54. The lowest BCUT2D eigenvalue weighted by Crippen LogP contribution is -2.42. The van der Waals surface area contributed by atoms with Crippen LogP contribution in [0, 0.1) is 5.92 Å². The van der Waals surface area contributed by atoms with Gasteiger partial charge in [0.15, 0.2) is 0 Å². The van der Waals surface area contributed by atoms with Crippen LogP contribution >= 0.6 is 0 Å². The summed E-state index contributed by atoms with van der Waals surface area (Å²) in [5, 5.41) is 5.86. The Morgan fingerprint density at radius 2 is 1.68 bits per heavy atom. The van der Waals surface area contributed by atoms with Crippen molar-refractivity contribution < 1.29 is 14.3 Å². The molecule has 0 bridgehead atoms. The molecule has 1 fully saturated rings. The average Bonchev–Trinajstić information content (AvgIpc) is 3.70. The Morgan fingerprint density at radius 1 is 0.973 bits per heavy atom. The van der Waals surface area contributed by atoms with Crippen molar-refractivity contribution in [1.82, 2.24) is 9.91 Å². The predicted octanol–water partition coefficient (Wildman–Crippen LogP) is 6.96. The number of carbonyl (C=O) groups excluding carboxylic acids is 2. The molecule has 196 valence electrons. The van der Waals surface area contributed by atoms with E-state index >= 15 is 0 Å². The van der Waals surface area contributed by atoms with E-state index in [2.05, 4.69) is 36.0 Å².